The Balaban J connectivity index is 4.71. The van der Waals surface area contributed by atoms with Crippen LogP contribution in [-0.2, 0) is 28.6 Å². The van der Waals surface area contributed by atoms with Crippen LogP contribution in [0.2, 0.25) is 0 Å². The predicted molar refractivity (Wildman–Crippen MR) is 82.6 cm³/mol. The topological polar surface area (TPSA) is 99.1 Å². The molecule has 0 saturated carbocycles. The molecular weight excluding hydrogens is 304 g/mol. The molecule has 0 heterocycles. The van der Waals surface area contributed by atoms with Crippen LogP contribution in [0.15, 0.2) is 0 Å². The molecule has 0 radical (unpaired) electrons. The summed E-state index contributed by atoms with van der Waals surface area (Å²) in [7, 11) is 0. The fourth-order valence-corrected chi connectivity index (χ4v) is 1.71. The van der Waals surface area contributed by atoms with Crippen molar-refractivity contribution >= 4 is 17.9 Å². The Bertz CT molecular complexity index is 355. The van der Waals surface area contributed by atoms with Gasteiger partial charge in [-0.05, 0) is 19.8 Å². The molecule has 23 heavy (non-hydrogen) atoms. The van der Waals surface area contributed by atoms with E-state index < -0.39 is 36.4 Å². The molecule has 0 bridgehead atoms. The van der Waals surface area contributed by atoms with E-state index in [-0.39, 0.29) is 19.8 Å². The minimum absolute atomic E-state index is 0.0247. The van der Waals surface area contributed by atoms with Gasteiger partial charge in [0, 0.05) is 0 Å². The molecule has 0 unspecified atom stereocenters. The van der Waals surface area contributed by atoms with Gasteiger partial charge >= 0.3 is 17.9 Å². The summed E-state index contributed by atoms with van der Waals surface area (Å²) in [5, 5.41) is 10.4. The Morgan fingerprint density at radius 1 is 0.826 bits per heavy atom. The van der Waals surface area contributed by atoms with E-state index in [0.717, 1.165) is 12.8 Å². The van der Waals surface area contributed by atoms with Gasteiger partial charge in [-0.25, -0.2) is 4.79 Å². The van der Waals surface area contributed by atoms with E-state index >= 15 is 0 Å². The average Bonchev–Trinajstić information content (AvgIpc) is 2.47. The molecule has 1 N–H and O–H groups in total. The van der Waals surface area contributed by atoms with Crippen molar-refractivity contribution in [3.8, 4) is 0 Å². The number of esters is 3. The molecule has 0 aromatic heterocycles. The third kappa shape index (κ3) is 9.18. The number of aliphatic hydroxyl groups is 1. The van der Waals surface area contributed by atoms with E-state index in [4.69, 9.17) is 14.2 Å². The molecule has 7 nitrogen and oxygen atoms in total. The Morgan fingerprint density at radius 3 is 1.61 bits per heavy atom. The Labute approximate surface area is 137 Å². The molecule has 0 aromatic rings. The van der Waals surface area contributed by atoms with Crippen molar-refractivity contribution in [1.82, 2.24) is 0 Å². The normalized spacial score (nSPS) is 11.0. The first-order valence-electron chi connectivity index (χ1n) is 8.10. The summed E-state index contributed by atoms with van der Waals surface area (Å²) in [6.45, 7) is 5.88. The van der Waals surface area contributed by atoms with E-state index in [2.05, 4.69) is 0 Å². The molecule has 0 spiro atoms. The largest absolute Gasteiger partial charge is 0.466 e. The second kappa shape index (κ2) is 11.9. The number of unbranched alkanes of at least 4 members (excludes halogenated alkanes) is 2. The van der Waals surface area contributed by atoms with Crippen molar-refractivity contribution in [3.63, 3.8) is 0 Å². The monoisotopic (exact) mass is 332 g/mol. The average molecular weight is 332 g/mol. The highest BCUT2D eigenvalue weighted by Gasteiger charge is 2.43. The van der Waals surface area contributed by atoms with E-state index in [1.54, 1.807) is 6.92 Å². The lowest BCUT2D eigenvalue weighted by atomic mass is 9.95. The lowest BCUT2D eigenvalue weighted by Crippen LogP contribution is -2.44. The van der Waals surface area contributed by atoms with Gasteiger partial charge in [0.2, 0.25) is 0 Å². The molecule has 0 amide bonds. The molecule has 0 aliphatic rings. The van der Waals surface area contributed by atoms with Crippen molar-refractivity contribution in [2.75, 3.05) is 19.8 Å². The first kappa shape index (κ1) is 21.4. The van der Waals surface area contributed by atoms with Gasteiger partial charge in [0.25, 0.3) is 0 Å². The van der Waals surface area contributed by atoms with Crippen LogP contribution in [0, 0.1) is 0 Å². The van der Waals surface area contributed by atoms with Crippen LogP contribution in [0.1, 0.15) is 59.3 Å². The third-order valence-electron chi connectivity index (χ3n) is 3.05. The van der Waals surface area contributed by atoms with Crippen molar-refractivity contribution < 1.29 is 33.7 Å². The third-order valence-corrected chi connectivity index (χ3v) is 3.05. The smallest absolute Gasteiger partial charge is 0.339 e. The van der Waals surface area contributed by atoms with Crippen molar-refractivity contribution in [2.45, 2.75) is 64.9 Å². The zero-order valence-electron chi connectivity index (χ0n) is 14.3. The number of carbonyl (C=O) groups excluding carboxylic acids is 3. The number of rotatable bonds is 12. The fourth-order valence-electron chi connectivity index (χ4n) is 1.71. The van der Waals surface area contributed by atoms with Crippen LogP contribution in [0.3, 0.4) is 0 Å². The molecule has 0 aliphatic heterocycles. The van der Waals surface area contributed by atoms with Crippen molar-refractivity contribution in [1.29, 1.82) is 0 Å². The highest BCUT2D eigenvalue weighted by molar-refractivity contribution is 5.90. The highest BCUT2D eigenvalue weighted by Crippen LogP contribution is 2.20. The van der Waals surface area contributed by atoms with E-state index in [1.165, 1.54) is 0 Å². The minimum atomic E-state index is -2.26. The molecule has 0 fully saturated rings. The van der Waals surface area contributed by atoms with Gasteiger partial charge in [-0.15, -0.1) is 0 Å². The van der Waals surface area contributed by atoms with Gasteiger partial charge in [-0.3, -0.25) is 9.59 Å². The summed E-state index contributed by atoms with van der Waals surface area (Å²) in [5.74, 6) is -2.54. The Hall–Kier alpha value is -1.63. The molecular formula is C16H28O7. The Morgan fingerprint density at radius 2 is 1.26 bits per heavy atom. The van der Waals surface area contributed by atoms with Gasteiger partial charge in [-0.1, -0.05) is 26.7 Å². The van der Waals surface area contributed by atoms with Gasteiger partial charge in [0.1, 0.15) is 0 Å². The second-order valence-corrected chi connectivity index (χ2v) is 5.25. The maximum Gasteiger partial charge on any atom is 0.339 e. The van der Waals surface area contributed by atoms with E-state index in [0.29, 0.717) is 12.8 Å². The van der Waals surface area contributed by atoms with Crippen LogP contribution < -0.4 is 0 Å². The summed E-state index contributed by atoms with van der Waals surface area (Å²) < 4.78 is 14.6. The zero-order chi connectivity index (χ0) is 17.7. The van der Waals surface area contributed by atoms with E-state index in [1.807, 2.05) is 13.8 Å². The quantitative estimate of drug-likeness (QED) is 0.330. The second-order valence-electron chi connectivity index (χ2n) is 5.25. The van der Waals surface area contributed by atoms with Crippen LogP contribution >= 0.6 is 0 Å². The maximum atomic E-state index is 11.9. The summed E-state index contributed by atoms with van der Waals surface area (Å²) in [4.78, 5) is 35.4. The van der Waals surface area contributed by atoms with Gasteiger partial charge in [-0.2, -0.15) is 0 Å². The summed E-state index contributed by atoms with van der Waals surface area (Å²) in [6.07, 6.45) is 1.78. The fraction of sp³-hybridized carbons (Fsp3) is 0.812. The van der Waals surface area contributed by atoms with Crippen LogP contribution in [0.4, 0.5) is 0 Å². The summed E-state index contributed by atoms with van der Waals surface area (Å²) in [5.41, 5.74) is -2.26. The molecule has 0 atom stereocenters. The SMILES string of the molecule is CCCCOC(=O)CC(O)(CC(=O)OCCCC)C(=O)OCC. The molecule has 0 aromatic carbocycles. The lowest BCUT2D eigenvalue weighted by molar-refractivity contribution is -0.177. The highest BCUT2D eigenvalue weighted by atomic mass is 16.6. The Kier molecular flexibility index (Phi) is 11.0. The van der Waals surface area contributed by atoms with Crippen LogP contribution in [0.25, 0.3) is 0 Å². The van der Waals surface area contributed by atoms with Crippen LogP contribution in [0.5, 0.6) is 0 Å². The minimum Gasteiger partial charge on any atom is -0.466 e. The molecule has 0 rings (SSSR count). The van der Waals surface area contributed by atoms with Gasteiger partial charge in [0.15, 0.2) is 5.60 Å². The van der Waals surface area contributed by atoms with Crippen molar-refractivity contribution in [2.24, 2.45) is 0 Å². The van der Waals surface area contributed by atoms with Gasteiger partial charge < -0.3 is 19.3 Å². The number of carbonyl (C=O) groups is 3. The number of hydrogen-bond acceptors (Lipinski definition) is 7. The summed E-state index contributed by atoms with van der Waals surface area (Å²) >= 11 is 0. The standard InChI is InChI=1S/C16H28O7/c1-4-7-9-22-13(17)11-16(20,15(19)21-6-3)12-14(18)23-10-8-5-2/h20H,4-12H2,1-3H3. The van der Waals surface area contributed by atoms with E-state index in [9.17, 15) is 19.5 Å². The first-order chi connectivity index (χ1) is 10.9. The maximum absolute atomic E-state index is 11.9. The van der Waals surface area contributed by atoms with Crippen molar-refractivity contribution in [3.05, 3.63) is 0 Å². The molecule has 134 valence electrons. The van der Waals surface area contributed by atoms with Gasteiger partial charge in [0.05, 0.1) is 32.7 Å². The number of hydrogen-bond donors (Lipinski definition) is 1. The summed E-state index contributed by atoms with van der Waals surface area (Å²) in [6, 6.07) is 0. The lowest BCUT2D eigenvalue weighted by Gasteiger charge is -2.24. The molecule has 7 heteroatoms. The predicted octanol–water partition coefficient (Wildman–Crippen LogP) is 1.75. The molecule has 0 aliphatic carbocycles. The number of ether oxygens (including phenoxy) is 3. The first-order valence-corrected chi connectivity index (χ1v) is 8.10. The molecule has 0 saturated heterocycles. The van der Waals surface area contributed by atoms with Crippen LogP contribution in [-0.4, -0.2) is 48.4 Å². The zero-order valence-corrected chi connectivity index (χ0v) is 14.3.